The normalized spacial score (nSPS) is 16.0. The van der Waals surface area contributed by atoms with Gasteiger partial charge in [0, 0.05) is 12.1 Å². The van der Waals surface area contributed by atoms with Crippen LogP contribution in [0.2, 0.25) is 0 Å². The van der Waals surface area contributed by atoms with E-state index in [-0.39, 0.29) is 11.9 Å². The first-order valence-electron chi connectivity index (χ1n) is 6.94. The smallest absolute Gasteiger partial charge is 0.167 e. The molecule has 3 nitrogen and oxygen atoms in total. The molecule has 0 saturated heterocycles. The number of anilines is 1. The summed E-state index contributed by atoms with van der Waals surface area (Å²) in [5, 5.41) is 0. The van der Waals surface area contributed by atoms with Crippen molar-refractivity contribution in [2.24, 2.45) is 5.92 Å². The van der Waals surface area contributed by atoms with Gasteiger partial charge in [0.15, 0.2) is 11.6 Å². The summed E-state index contributed by atoms with van der Waals surface area (Å²) in [5.74, 6) is 0.868. The fourth-order valence-corrected chi connectivity index (χ4v) is 2.40. The van der Waals surface area contributed by atoms with Gasteiger partial charge in [0.25, 0.3) is 0 Å². The summed E-state index contributed by atoms with van der Waals surface area (Å²) in [4.78, 5) is 0. The van der Waals surface area contributed by atoms with E-state index in [9.17, 15) is 4.39 Å². The quantitative estimate of drug-likeness (QED) is 0.826. The molecule has 2 rings (SSSR count). The molecule has 0 amide bonds. The van der Waals surface area contributed by atoms with Crippen LogP contribution in [-0.2, 0) is 0 Å². The number of ether oxygens (including phenoxy) is 2. The Labute approximate surface area is 113 Å². The number of rotatable bonds is 5. The Morgan fingerprint density at radius 1 is 1.26 bits per heavy atom. The Morgan fingerprint density at radius 2 is 1.95 bits per heavy atom. The van der Waals surface area contributed by atoms with Crippen LogP contribution in [0.25, 0.3) is 0 Å². The van der Waals surface area contributed by atoms with Crippen LogP contribution in [0, 0.1) is 11.7 Å². The fraction of sp³-hybridized carbons (Fsp3) is 0.600. The van der Waals surface area contributed by atoms with Gasteiger partial charge in [0.05, 0.1) is 18.4 Å². The predicted molar refractivity (Wildman–Crippen MR) is 74.0 cm³/mol. The van der Waals surface area contributed by atoms with Gasteiger partial charge in [-0.05, 0) is 32.6 Å². The Morgan fingerprint density at radius 3 is 2.58 bits per heavy atom. The molecule has 1 aliphatic carbocycles. The maximum absolute atomic E-state index is 13.7. The lowest BCUT2D eigenvalue weighted by atomic mass is 10.1. The minimum Gasteiger partial charge on any atom is -0.491 e. The third-order valence-corrected chi connectivity index (χ3v) is 3.38. The first-order chi connectivity index (χ1) is 9.06. The highest BCUT2D eigenvalue weighted by molar-refractivity contribution is 5.56. The molecule has 0 bridgehead atoms. The molecule has 4 heteroatoms. The minimum absolute atomic E-state index is 0.0826. The zero-order valence-electron chi connectivity index (χ0n) is 11.6. The van der Waals surface area contributed by atoms with E-state index in [2.05, 4.69) is 0 Å². The molecular formula is C15H22FNO2. The van der Waals surface area contributed by atoms with Crippen LogP contribution in [0.15, 0.2) is 12.1 Å². The predicted octanol–water partition coefficient (Wildman–Crippen LogP) is 3.76. The maximum Gasteiger partial charge on any atom is 0.167 e. The number of hydrogen-bond acceptors (Lipinski definition) is 3. The second-order valence-corrected chi connectivity index (χ2v) is 5.45. The van der Waals surface area contributed by atoms with E-state index in [1.54, 1.807) is 6.07 Å². The van der Waals surface area contributed by atoms with E-state index in [4.69, 9.17) is 15.2 Å². The summed E-state index contributed by atoms with van der Waals surface area (Å²) in [6.07, 6.45) is 4.87. The van der Waals surface area contributed by atoms with Gasteiger partial charge in [0.1, 0.15) is 5.75 Å². The van der Waals surface area contributed by atoms with Gasteiger partial charge in [-0.2, -0.15) is 0 Å². The Balaban J connectivity index is 2.05. The van der Waals surface area contributed by atoms with Crippen LogP contribution < -0.4 is 15.2 Å². The highest BCUT2D eigenvalue weighted by Gasteiger charge is 2.17. The maximum atomic E-state index is 13.7. The summed E-state index contributed by atoms with van der Waals surface area (Å²) < 4.78 is 24.8. The van der Waals surface area contributed by atoms with Crippen LogP contribution in [0.4, 0.5) is 10.1 Å². The standard InChI is InChI=1S/C15H22FNO2/c1-10(2)19-14-8-15(13(17)7-12(14)16)18-9-11-5-3-4-6-11/h7-8,10-11H,3-6,9,17H2,1-2H3. The van der Waals surface area contributed by atoms with Crippen LogP contribution in [-0.4, -0.2) is 12.7 Å². The van der Waals surface area contributed by atoms with Crippen molar-refractivity contribution in [3.05, 3.63) is 17.9 Å². The molecular weight excluding hydrogens is 245 g/mol. The van der Waals surface area contributed by atoms with Gasteiger partial charge in [-0.15, -0.1) is 0 Å². The van der Waals surface area contributed by atoms with Gasteiger partial charge in [-0.25, -0.2) is 4.39 Å². The van der Waals surface area contributed by atoms with Gasteiger partial charge in [-0.1, -0.05) is 12.8 Å². The molecule has 1 saturated carbocycles. The van der Waals surface area contributed by atoms with Crippen LogP contribution in [0.1, 0.15) is 39.5 Å². The largest absolute Gasteiger partial charge is 0.491 e. The molecule has 0 spiro atoms. The molecule has 1 aromatic carbocycles. The third-order valence-electron chi connectivity index (χ3n) is 3.38. The van der Waals surface area contributed by atoms with Crippen LogP contribution >= 0.6 is 0 Å². The number of nitrogens with two attached hydrogens (primary N) is 1. The molecule has 19 heavy (non-hydrogen) atoms. The van der Waals surface area contributed by atoms with Gasteiger partial charge in [0.2, 0.25) is 0 Å². The SMILES string of the molecule is CC(C)Oc1cc(OCC2CCCC2)c(N)cc1F. The molecule has 1 fully saturated rings. The highest BCUT2D eigenvalue weighted by Crippen LogP contribution is 2.32. The van der Waals surface area contributed by atoms with Crippen molar-refractivity contribution >= 4 is 5.69 Å². The lowest BCUT2D eigenvalue weighted by Crippen LogP contribution is -2.11. The second kappa shape index (κ2) is 6.13. The Hall–Kier alpha value is -1.45. The number of benzene rings is 1. The summed E-state index contributed by atoms with van der Waals surface area (Å²) in [7, 11) is 0. The summed E-state index contributed by atoms with van der Waals surface area (Å²) in [6.45, 7) is 4.36. The first-order valence-corrected chi connectivity index (χ1v) is 6.94. The highest BCUT2D eigenvalue weighted by atomic mass is 19.1. The summed E-state index contributed by atoms with van der Waals surface area (Å²) in [5.41, 5.74) is 6.11. The van der Waals surface area contributed by atoms with E-state index in [0.29, 0.717) is 24.0 Å². The number of hydrogen-bond donors (Lipinski definition) is 1. The van der Waals surface area contributed by atoms with E-state index >= 15 is 0 Å². The topological polar surface area (TPSA) is 44.5 Å². The molecule has 0 atom stereocenters. The van der Waals surface area contributed by atoms with Gasteiger partial charge >= 0.3 is 0 Å². The van der Waals surface area contributed by atoms with Gasteiger partial charge in [-0.3, -0.25) is 0 Å². The van der Waals surface area contributed by atoms with Crippen molar-refractivity contribution in [1.29, 1.82) is 0 Å². The Bertz CT molecular complexity index is 428. The molecule has 1 aromatic rings. The minimum atomic E-state index is -0.445. The molecule has 2 N–H and O–H groups in total. The van der Waals surface area contributed by atoms with Crippen molar-refractivity contribution in [3.63, 3.8) is 0 Å². The van der Waals surface area contributed by atoms with Crippen molar-refractivity contribution in [1.82, 2.24) is 0 Å². The van der Waals surface area contributed by atoms with Crippen molar-refractivity contribution in [2.75, 3.05) is 12.3 Å². The second-order valence-electron chi connectivity index (χ2n) is 5.45. The molecule has 0 unspecified atom stereocenters. The molecule has 0 heterocycles. The number of nitrogen functional groups attached to an aromatic ring is 1. The lowest BCUT2D eigenvalue weighted by Gasteiger charge is -2.16. The summed E-state index contributed by atoms with van der Waals surface area (Å²) in [6, 6.07) is 2.82. The zero-order chi connectivity index (χ0) is 13.8. The van der Waals surface area contributed by atoms with E-state index in [1.165, 1.54) is 31.7 Å². The average Bonchev–Trinajstić information content (AvgIpc) is 2.83. The number of halogens is 1. The van der Waals surface area contributed by atoms with Crippen LogP contribution in [0.3, 0.4) is 0 Å². The van der Waals surface area contributed by atoms with Gasteiger partial charge < -0.3 is 15.2 Å². The zero-order valence-corrected chi connectivity index (χ0v) is 11.6. The first kappa shape index (κ1) is 14.0. The molecule has 106 valence electrons. The average molecular weight is 267 g/mol. The molecule has 0 aromatic heterocycles. The summed E-state index contributed by atoms with van der Waals surface area (Å²) >= 11 is 0. The van der Waals surface area contributed by atoms with Crippen molar-refractivity contribution in [3.8, 4) is 11.5 Å². The van der Waals surface area contributed by atoms with Crippen LogP contribution in [0.5, 0.6) is 11.5 Å². The van der Waals surface area contributed by atoms with E-state index in [1.807, 2.05) is 13.8 Å². The Kier molecular flexibility index (Phi) is 4.51. The molecule has 1 aliphatic rings. The lowest BCUT2D eigenvalue weighted by molar-refractivity contribution is 0.225. The molecule has 0 aliphatic heterocycles. The van der Waals surface area contributed by atoms with E-state index < -0.39 is 5.82 Å². The fourth-order valence-electron chi connectivity index (χ4n) is 2.40. The van der Waals surface area contributed by atoms with E-state index in [0.717, 1.165) is 0 Å². The van der Waals surface area contributed by atoms with Crippen molar-refractivity contribution < 1.29 is 13.9 Å². The molecule has 0 radical (unpaired) electrons. The monoisotopic (exact) mass is 267 g/mol. The van der Waals surface area contributed by atoms with Crippen molar-refractivity contribution in [2.45, 2.75) is 45.6 Å². The third kappa shape index (κ3) is 3.75.